The SMILES string of the molecule is COCN(Cc1ccccc1)C(=O)C(=O)C(C)=O. The maximum Gasteiger partial charge on any atom is 0.300 e. The number of ether oxygens (including phenoxy) is 1. The lowest BCUT2D eigenvalue weighted by Gasteiger charge is -2.20. The number of rotatable bonds is 6. The highest BCUT2D eigenvalue weighted by Crippen LogP contribution is 2.05. The lowest BCUT2D eigenvalue weighted by Crippen LogP contribution is -2.39. The van der Waals surface area contributed by atoms with Crippen LogP contribution in [0.3, 0.4) is 0 Å². The molecular weight excluding hydrogens is 234 g/mol. The van der Waals surface area contributed by atoms with Crippen molar-refractivity contribution in [1.82, 2.24) is 4.90 Å². The van der Waals surface area contributed by atoms with Gasteiger partial charge in [0.1, 0.15) is 6.73 Å². The van der Waals surface area contributed by atoms with Crippen LogP contribution in [0.4, 0.5) is 0 Å². The van der Waals surface area contributed by atoms with Crippen LogP contribution in [0.5, 0.6) is 0 Å². The smallest absolute Gasteiger partial charge is 0.300 e. The molecule has 1 rings (SSSR count). The summed E-state index contributed by atoms with van der Waals surface area (Å²) in [6.07, 6.45) is 0. The highest BCUT2D eigenvalue weighted by atomic mass is 16.5. The fourth-order valence-electron chi connectivity index (χ4n) is 1.43. The first-order valence-electron chi connectivity index (χ1n) is 5.43. The van der Waals surface area contributed by atoms with Crippen molar-refractivity contribution < 1.29 is 19.1 Å². The van der Waals surface area contributed by atoms with Crippen molar-refractivity contribution in [2.75, 3.05) is 13.8 Å². The molecule has 0 atom stereocenters. The van der Waals surface area contributed by atoms with Gasteiger partial charge >= 0.3 is 0 Å². The normalized spacial score (nSPS) is 9.89. The minimum absolute atomic E-state index is 0.0350. The van der Waals surface area contributed by atoms with Gasteiger partial charge in [-0.05, 0) is 5.56 Å². The number of methoxy groups -OCH3 is 1. The zero-order valence-corrected chi connectivity index (χ0v) is 10.4. The minimum Gasteiger partial charge on any atom is -0.364 e. The molecule has 0 fully saturated rings. The van der Waals surface area contributed by atoms with Gasteiger partial charge in [-0.3, -0.25) is 14.4 Å². The van der Waals surface area contributed by atoms with Crippen LogP contribution in [-0.4, -0.2) is 36.2 Å². The molecule has 18 heavy (non-hydrogen) atoms. The van der Waals surface area contributed by atoms with Gasteiger partial charge in [-0.15, -0.1) is 0 Å². The summed E-state index contributed by atoms with van der Waals surface area (Å²) < 4.78 is 4.87. The molecule has 1 amide bonds. The van der Waals surface area contributed by atoms with Crippen molar-refractivity contribution in [2.24, 2.45) is 0 Å². The molecule has 0 heterocycles. The van der Waals surface area contributed by atoms with Crippen LogP contribution >= 0.6 is 0 Å². The molecule has 0 bridgehead atoms. The number of amides is 1. The Morgan fingerprint density at radius 1 is 1.17 bits per heavy atom. The standard InChI is InChI=1S/C13H15NO4/c1-10(15)12(16)13(17)14(9-18-2)8-11-6-4-3-5-7-11/h3-7H,8-9H2,1-2H3. The molecule has 0 saturated carbocycles. The Bertz CT molecular complexity index is 442. The number of hydrogen-bond donors (Lipinski definition) is 0. The molecule has 5 heteroatoms. The summed E-state index contributed by atoms with van der Waals surface area (Å²) in [5.74, 6) is -2.63. The molecule has 0 saturated heterocycles. The van der Waals surface area contributed by atoms with Gasteiger partial charge in [-0.2, -0.15) is 0 Å². The Hall–Kier alpha value is -2.01. The molecule has 1 aromatic rings. The first kappa shape index (κ1) is 14.1. The largest absolute Gasteiger partial charge is 0.364 e. The number of benzene rings is 1. The van der Waals surface area contributed by atoms with Crippen LogP contribution < -0.4 is 0 Å². The first-order chi connectivity index (χ1) is 8.56. The summed E-state index contributed by atoms with van der Waals surface area (Å²) in [7, 11) is 1.42. The molecule has 0 aromatic heterocycles. The van der Waals surface area contributed by atoms with Gasteiger partial charge in [0.25, 0.3) is 11.7 Å². The van der Waals surface area contributed by atoms with Crippen molar-refractivity contribution in [1.29, 1.82) is 0 Å². The van der Waals surface area contributed by atoms with E-state index in [-0.39, 0.29) is 13.3 Å². The van der Waals surface area contributed by atoms with E-state index < -0.39 is 17.5 Å². The van der Waals surface area contributed by atoms with Crippen molar-refractivity contribution in [3.63, 3.8) is 0 Å². The molecule has 0 aliphatic rings. The number of carbonyl (C=O) groups excluding carboxylic acids is 3. The molecule has 0 N–H and O–H groups in total. The predicted octanol–water partition coefficient (Wildman–Crippen LogP) is 0.777. The zero-order chi connectivity index (χ0) is 13.5. The summed E-state index contributed by atoms with van der Waals surface area (Å²) in [5.41, 5.74) is 0.860. The van der Waals surface area contributed by atoms with Crippen LogP contribution in [0.15, 0.2) is 30.3 Å². The van der Waals surface area contributed by atoms with Crippen LogP contribution in [0.2, 0.25) is 0 Å². The summed E-state index contributed by atoms with van der Waals surface area (Å²) in [6.45, 7) is 1.27. The Morgan fingerprint density at radius 2 is 1.78 bits per heavy atom. The van der Waals surface area contributed by atoms with Gasteiger partial charge in [0, 0.05) is 20.6 Å². The van der Waals surface area contributed by atoms with E-state index in [0.717, 1.165) is 12.5 Å². The quantitative estimate of drug-likeness (QED) is 0.424. The second kappa shape index (κ2) is 6.66. The molecule has 0 spiro atoms. The lowest BCUT2D eigenvalue weighted by molar-refractivity contribution is -0.151. The van der Waals surface area contributed by atoms with E-state index in [0.29, 0.717) is 0 Å². The van der Waals surface area contributed by atoms with Crippen LogP contribution in [0, 0.1) is 0 Å². The fourth-order valence-corrected chi connectivity index (χ4v) is 1.43. The third-order valence-corrected chi connectivity index (χ3v) is 2.30. The molecule has 0 aliphatic carbocycles. The number of nitrogens with zero attached hydrogens (tertiary/aromatic N) is 1. The number of carbonyl (C=O) groups is 3. The average Bonchev–Trinajstić information content (AvgIpc) is 2.37. The second-order valence-electron chi connectivity index (χ2n) is 3.79. The molecule has 1 aromatic carbocycles. The second-order valence-corrected chi connectivity index (χ2v) is 3.79. The fraction of sp³-hybridized carbons (Fsp3) is 0.308. The van der Waals surface area contributed by atoms with Crippen molar-refractivity contribution in [3.05, 3.63) is 35.9 Å². The van der Waals surface area contributed by atoms with Gasteiger partial charge in [-0.25, -0.2) is 0 Å². The number of hydrogen-bond acceptors (Lipinski definition) is 4. The van der Waals surface area contributed by atoms with E-state index in [9.17, 15) is 14.4 Å². The minimum atomic E-state index is -1.03. The molecule has 0 unspecified atom stereocenters. The van der Waals surface area contributed by atoms with Gasteiger partial charge in [0.05, 0.1) is 0 Å². The summed E-state index contributed by atoms with van der Waals surface area (Å²) in [6, 6.07) is 9.17. The molecule has 96 valence electrons. The average molecular weight is 249 g/mol. The predicted molar refractivity (Wildman–Crippen MR) is 64.6 cm³/mol. The van der Waals surface area contributed by atoms with Gasteiger partial charge in [0.2, 0.25) is 5.78 Å². The number of Topliss-reactive ketones (excluding diaryl/α,β-unsaturated/α-hetero) is 2. The first-order valence-corrected chi connectivity index (χ1v) is 5.43. The molecule has 5 nitrogen and oxygen atoms in total. The summed E-state index contributed by atoms with van der Waals surface area (Å²) >= 11 is 0. The van der Waals surface area contributed by atoms with E-state index >= 15 is 0 Å². The number of ketones is 2. The van der Waals surface area contributed by atoms with Crippen molar-refractivity contribution in [3.8, 4) is 0 Å². The van der Waals surface area contributed by atoms with E-state index in [1.165, 1.54) is 12.0 Å². The van der Waals surface area contributed by atoms with E-state index in [4.69, 9.17) is 4.74 Å². The summed E-state index contributed by atoms with van der Waals surface area (Å²) in [4.78, 5) is 35.2. The molecular formula is C13H15NO4. The Balaban J connectivity index is 2.80. The monoisotopic (exact) mass is 249 g/mol. The maximum atomic E-state index is 11.8. The van der Waals surface area contributed by atoms with Crippen LogP contribution in [0.25, 0.3) is 0 Å². The third kappa shape index (κ3) is 3.78. The van der Waals surface area contributed by atoms with E-state index in [1.54, 1.807) is 0 Å². The lowest BCUT2D eigenvalue weighted by atomic mass is 10.2. The van der Waals surface area contributed by atoms with Crippen LogP contribution in [0.1, 0.15) is 12.5 Å². The maximum absolute atomic E-state index is 11.8. The van der Waals surface area contributed by atoms with Crippen LogP contribution in [-0.2, 0) is 25.7 Å². The highest BCUT2D eigenvalue weighted by Gasteiger charge is 2.25. The third-order valence-electron chi connectivity index (χ3n) is 2.30. The van der Waals surface area contributed by atoms with E-state index in [1.807, 2.05) is 30.3 Å². The zero-order valence-electron chi connectivity index (χ0n) is 10.4. The molecule has 0 aliphatic heterocycles. The highest BCUT2D eigenvalue weighted by molar-refractivity contribution is 6.62. The Morgan fingerprint density at radius 3 is 2.28 bits per heavy atom. The Labute approximate surface area is 105 Å². The topological polar surface area (TPSA) is 63.7 Å². The Kier molecular flexibility index (Phi) is 5.20. The van der Waals surface area contributed by atoms with Gasteiger partial charge in [-0.1, -0.05) is 30.3 Å². The van der Waals surface area contributed by atoms with E-state index in [2.05, 4.69) is 0 Å². The van der Waals surface area contributed by atoms with Gasteiger partial charge in [0.15, 0.2) is 0 Å². The molecule has 0 radical (unpaired) electrons. The van der Waals surface area contributed by atoms with Gasteiger partial charge < -0.3 is 9.64 Å². The van der Waals surface area contributed by atoms with Crippen molar-refractivity contribution in [2.45, 2.75) is 13.5 Å². The van der Waals surface area contributed by atoms with Crippen molar-refractivity contribution >= 4 is 17.5 Å². The summed E-state index contributed by atoms with van der Waals surface area (Å²) in [5, 5.41) is 0.